The van der Waals surface area contributed by atoms with Gasteiger partial charge in [-0.3, -0.25) is 4.79 Å². The highest BCUT2D eigenvalue weighted by Gasteiger charge is 2.22. The van der Waals surface area contributed by atoms with Crippen LogP contribution >= 0.6 is 11.6 Å². The van der Waals surface area contributed by atoms with Crippen molar-refractivity contribution in [2.24, 2.45) is 0 Å². The van der Waals surface area contributed by atoms with E-state index in [0.717, 1.165) is 0 Å². The summed E-state index contributed by atoms with van der Waals surface area (Å²) in [5.41, 5.74) is 1.70. The molecule has 3 rings (SSSR count). The first-order chi connectivity index (χ1) is 12.5. The minimum atomic E-state index is -0.392. The number of anilines is 2. The molecular formula is C19H20ClN3O3. The number of carbonyl (C=O) groups is 2. The van der Waals surface area contributed by atoms with Gasteiger partial charge in [-0.15, -0.1) is 0 Å². The minimum Gasteiger partial charge on any atom is -0.375 e. The van der Waals surface area contributed by atoms with E-state index in [1.54, 1.807) is 53.4 Å². The Labute approximate surface area is 157 Å². The number of halogens is 1. The van der Waals surface area contributed by atoms with Crippen LogP contribution in [0, 0.1) is 0 Å². The number of hydrogen-bond donors (Lipinski definition) is 2. The lowest BCUT2D eigenvalue weighted by molar-refractivity contribution is -0.0124. The molecule has 0 bridgehead atoms. The van der Waals surface area contributed by atoms with Gasteiger partial charge in [0.2, 0.25) is 0 Å². The first-order valence-electron chi connectivity index (χ1n) is 8.36. The molecular weight excluding hydrogens is 354 g/mol. The topological polar surface area (TPSA) is 70.7 Å². The van der Waals surface area contributed by atoms with E-state index in [1.165, 1.54) is 0 Å². The van der Waals surface area contributed by atoms with Gasteiger partial charge in [-0.25, -0.2) is 4.79 Å². The minimum absolute atomic E-state index is 0.0270. The number of ether oxygens (including phenoxy) is 1. The van der Waals surface area contributed by atoms with E-state index in [2.05, 4.69) is 10.6 Å². The van der Waals surface area contributed by atoms with Crippen molar-refractivity contribution < 1.29 is 14.3 Å². The highest BCUT2D eigenvalue weighted by molar-refractivity contribution is 6.30. The lowest BCUT2D eigenvalue weighted by Crippen LogP contribution is -2.44. The fourth-order valence-electron chi connectivity index (χ4n) is 2.74. The number of nitrogens with zero attached hydrogens (tertiary/aromatic N) is 1. The van der Waals surface area contributed by atoms with Crippen molar-refractivity contribution in [3.8, 4) is 0 Å². The third kappa shape index (κ3) is 4.74. The molecule has 1 atom stereocenters. The van der Waals surface area contributed by atoms with Crippen LogP contribution in [0.3, 0.4) is 0 Å². The Morgan fingerprint density at radius 1 is 1.12 bits per heavy atom. The van der Waals surface area contributed by atoms with Gasteiger partial charge in [0.1, 0.15) is 0 Å². The predicted octanol–water partition coefficient (Wildman–Crippen LogP) is 3.84. The van der Waals surface area contributed by atoms with E-state index in [4.69, 9.17) is 16.3 Å². The summed E-state index contributed by atoms with van der Waals surface area (Å²) in [5, 5.41) is 6.05. The molecule has 6 nitrogen and oxygen atoms in total. The zero-order valence-corrected chi connectivity index (χ0v) is 15.1. The molecule has 7 heteroatoms. The Kier molecular flexibility index (Phi) is 5.75. The molecule has 0 aliphatic carbocycles. The number of carbonyl (C=O) groups excluding carboxylic acids is 2. The first-order valence-corrected chi connectivity index (χ1v) is 8.73. The fourth-order valence-corrected chi connectivity index (χ4v) is 2.87. The van der Waals surface area contributed by atoms with Crippen LogP contribution in [0.15, 0.2) is 48.5 Å². The van der Waals surface area contributed by atoms with E-state index in [9.17, 15) is 9.59 Å². The molecule has 1 fully saturated rings. The molecule has 2 aromatic carbocycles. The standard InChI is InChI=1S/C19H20ClN3O3/c1-13-12-23(9-10-26-13)18(24)14-3-2-4-17(11-14)22-19(25)21-16-7-5-15(20)6-8-16/h2-8,11,13H,9-10,12H2,1H3,(H2,21,22,25). The van der Waals surface area contributed by atoms with E-state index in [0.29, 0.717) is 41.7 Å². The number of benzene rings is 2. The van der Waals surface area contributed by atoms with Crippen molar-refractivity contribution in [1.29, 1.82) is 0 Å². The summed E-state index contributed by atoms with van der Waals surface area (Å²) in [6.45, 7) is 3.61. The van der Waals surface area contributed by atoms with Crippen molar-refractivity contribution in [2.75, 3.05) is 30.3 Å². The van der Waals surface area contributed by atoms with Crippen LogP contribution < -0.4 is 10.6 Å². The van der Waals surface area contributed by atoms with Crippen LogP contribution in [-0.4, -0.2) is 42.6 Å². The summed E-state index contributed by atoms with van der Waals surface area (Å²) in [5.74, 6) is -0.0677. The van der Waals surface area contributed by atoms with Gasteiger partial charge in [0.25, 0.3) is 5.91 Å². The SMILES string of the molecule is CC1CN(C(=O)c2cccc(NC(=O)Nc3ccc(Cl)cc3)c2)CCO1. The fraction of sp³-hybridized carbons (Fsp3) is 0.263. The zero-order valence-electron chi connectivity index (χ0n) is 14.4. The lowest BCUT2D eigenvalue weighted by atomic mass is 10.1. The van der Waals surface area contributed by atoms with Gasteiger partial charge in [-0.2, -0.15) is 0 Å². The van der Waals surface area contributed by atoms with Gasteiger partial charge >= 0.3 is 6.03 Å². The molecule has 136 valence electrons. The summed E-state index contributed by atoms with van der Waals surface area (Å²) in [4.78, 5) is 26.5. The Morgan fingerprint density at radius 3 is 2.58 bits per heavy atom. The summed E-state index contributed by atoms with van der Waals surface area (Å²) in [7, 11) is 0. The van der Waals surface area contributed by atoms with E-state index in [-0.39, 0.29) is 12.0 Å². The molecule has 2 aromatic rings. The smallest absolute Gasteiger partial charge is 0.323 e. The number of amides is 3. The second-order valence-corrected chi connectivity index (χ2v) is 6.54. The molecule has 0 spiro atoms. The summed E-state index contributed by atoms with van der Waals surface area (Å²) in [6, 6.07) is 13.3. The summed E-state index contributed by atoms with van der Waals surface area (Å²) < 4.78 is 5.47. The zero-order chi connectivity index (χ0) is 18.5. The van der Waals surface area contributed by atoms with Crippen molar-refractivity contribution in [3.05, 3.63) is 59.1 Å². The van der Waals surface area contributed by atoms with Crippen molar-refractivity contribution >= 4 is 34.9 Å². The van der Waals surface area contributed by atoms with Crippen LogP contribution in [-0.2, 0) is 4.74 Å². The van der Waals surface area contributed by atoms with Crippen LogP contribution in [0.25, 0.3) is 0 Å². The maximum absolute atomic E-state index is 12.6. The number of urea groups is 1. The molecule has 1 saturated heterocycles. The van der Waals surface area contributed by atoms with Crippen LogP contribution in [0.4, 0.5) is 16.2 Å². The molecule has 0 radical (unpaired) electrons. The molecule has 1 unspecified atom stereocenters. The van der Waals surface area contributed by atoms with Gasteiger partial charge in [0, 0.05) is 35.1 Å². The summed E-state index contributed by atoms with van der Waals surface area (Å²) in [6.07, 6.45) is 0.0270. The third-order valence-electron chi connectivity index (χ3n) is 4.00. The van der Waals surface area contributed by atoms with E-state index < -0.39 is 6.03 Å². The quantitative estimate of drug-likeness (QED) is 0.858. The maximum atomic E-state index is 12.6. The van der Waals surface area contributed by atoms with Crippen LogP contribution in [0.5, 0.6) is 0 Å². The van der Waals surface area contributed by atoms with Crippen molar-refractivity contribution in [1.82, 2.24) is 4.90 Å². The van der Waals surface area contributed by atoms with Gasteiger partial charge in [-0.1, -0.05) is 17.7 Å². The van der Waals surface area contributed by atoms with Crippen molar-refractivity contribution in [3.63, 3.8) is 0 Å². The largest absolute Gasteiger partial charge is 0.375 e. The van der Waals surface area contributed by atoms with Gasteiger partial charge < -0.3 is 20.3 Å². The van der Waals surface area contributed by atoms with Gasteiger partial charge in [-0.05, 0) is 49.4 Å². The molecule has 0 aromatic heterocycles. The molecule has 1 aliphatic rings. The van der Waals surface area contributed by atoms with Crippen molar-refractivity contribution in [2.45, 2.75) is 13.0 Å². The first kappa shape index (κ1) is 18.2. The van der Waals surface area contributed by atoms with E-state index in [1.807, 2.05) is 6.92 Å². The van der Waals surface area contributed by atoms with Gasteiger partial charge in [0.15, 0.2) is 0 Å². The molecule has 1 aliphatic heterocycles. The second kappa shape index (κ2) is 8.21. The number of morpholine rings is 1. The monoisotopic (exact) mass is 373 g/mol. The molecule has 0 saturated carbocycles. The Morgan fingerprint density at radius 2 is 1.85 bits per heavy atom. The van der Waals surface area contributed by atoms with Crippen LogP contribution in [0.2, 0.25) is 5.02 Å². The normalized spacial score (nSPS) is 16.8. The van der Waals surface area contributed by atoms with Crippen LogP contribution in [0.1, 0.15) is 17.3 Å². The highest BCUT2D eigenvalue weighted by atomic mass is 35.5. The Balaban J connectivity index is 1.64. The van der Waals surface area contributed by atoms with Gasteiger partial charge in [0.05, 0.1) is 12.7 Å². The third-order valence-corrected chi connectivity index (χ3v) is 4.25. The number of hydrogen-bond acceptors (Lipinski definition) is 3. The Bertz CT molecular complexity index is 795. The predicted molar refractivity (Wildman–Crippen MR) is 102 cm³/mol. The lowest BCUT2D eigenvalue weighted by Gasteiger charge is -2.31. The van der Waals surface area contributed by atoms with E-state index >= 15 is 0 Å². The summed E-state index contributed by atoms with van der Waals surface area (Å²) >= 11 is 5.83. The Hall–Kier alpha value is -2.57. The molecule has 1 heterocycles. The second-order valence-electron chi connectivity index (χ2n) is 6.10. The molecule has 2 N–H and O–H groups in total. The molecule has 26 heavy (non-hydrogen) atoms. The average molecular weight is 374 g/mol. The number of rotatable bonds is 3. The maximum Gasteiger partial charge on any atom is 0.323 e. The average Bonchev–Trinajstić information content (AvgIpc) is 2.63. The molecule has 3 amide bonds. The highest BCUT2D eigenvalue weighted by Crippen LogP contribution is 2.17. The number of nitrogens with one attached hydrogen (secondary N) is 2.